The van der Waals surface area contributed by atoms with Gasteiger partial charge in [-0.25, -0.2) is 0 Å². The lowest BCUT2D eigenvalue weighted by atomic mass is 9.90. The lowest BCUT2D eigenvalue weighted by Crippen LogP contribution is -2.21. The van der Waals surface area contributed by atoms with Crippen molar-refractivity contribution < 1.29 is 9.47 Å². The second-order valence-electron chi connectivity index (χ2n) is 6.39. The number of hydrogen-bond donors (Lipinski definition) is 0. The fourth-order valence-corrected chi connectivity index (χ4v) is 3.38. The molecule has 0 unspecified atom stereocenters. The topological polar surface area (TPSA) is 18.5 Å². The van der Waals surface area contributed by atoms with Crippen molar-refractivity contribution in [3.05, 3.63) is 60.4 Å². The first-order chi connectivity index (χ1) is 10.8. The summed E-state index contributed by atoms with van der Waals surface area (Å²) >= 11 is 0. The molecule has 2 heteroatoms. The van der Waals surface area contributed by atoms with Crippen LogP contribution in [0.2, 0.25) is 0 Å². The van der Waals surface area contributed by atoms with Crippen LogP contribution in [0.3, 0.4) is 0 Å². The van der Waals surface area contributed by atoms with E-state index in [1.54, 1.807) is 0 Å². The predicted molar refractivity (Wildman–Crippen MR) is 89.5 cm³/mol. The number of benzene rings is 1. The lowest BCUT2D eigenvalue weighted by Gasteiger charge is -2.30. The van der Waals surface area contributed by atoms with Crippen molar-refractivity contribution in [1.82, 2.24) is 0 Å². The summed E-state index contributed by atoms with van der Waals surface area (Å²) in [5, 5.41) is 0. The first-order valence-electron chi connectivity index (χ1n) is 8.51. The molecular formula is C20H26O2. The minimum atomic E-state index is -0.0553. The molecule has 1 aromatic carbocycles. The highest BCUT2D eigenvalue weighted by Crippen LogP contribution is 2.33. The van der Waals surface area contributed by atoms with Crippen molar-refractivity contribution in [2.45, 2.75) is 50.7 Å². The molecule has 118 valence electrons. The third-order valence-corrected chi connectivity index (χ3v) is 4.69. The van der Waals surface area contributed by atoms with Crippen LogP contribution >= 0.6 is 0 Å². The molecule has 0 saturated heterocycles. The van der Waals surface area contributed by atoms with E-state index in [0.29, 0.717) is 0 Å². The maximum atomic E-state index is 6.14. The molecule has 2 atom stereocenters. The van der Waals surface area contributed by atoms with E-state index >= 15 is 0 Å². The maximum absolute atomic E-state index is 6.14. The van der Waals surface area contributed by atoms with Crippen molar-refractivity contribution >= 4 is 0 Å². The smallest absolute Gasteiger partial charge is 0.0978 e. The highest BCUT2D eigenvalue weighted by atomic mass is 16.5. The second-order valence-corrected chi connectivity index (χ2v) is 6.39. The van der Waals surface area contributed by atoms with E-state index in [9.17, 15) is 0 Å². The normalized spacial score (nSPS) is 26.3. The quantitative estimate of drug-likeness (QED) is 0.697. The van der Waals surface area contributed by atoms with Gasteiger partial charge in [-0.1, -0.05) is 55.7 Å². The lowest BCUT2D eigenvalue weighted by molar-refractivity contribution is 0.00150. The van der Waals surface area contributed by atoms with E-state index in [4.69, 9.17) is 9.47 Å². The summed E-state index contributed by atoms with van der Waals surface area (Å²) in [5.41, 5.74) is 1.21. The van der Waals surface area contributed by atoms with Crippen LogP contribution in [-0.2, 0) is 9.47 Å². The molecule has 0 N–H and O–H groups in total. The fourth-order valence-electron chi connectivity index (χ4n) is 3.38. The Kier molecular flexibility index (Phi) is 5.33. The zero-order chi connectivity index (χ0) is 15.2. The van der Waals surface area contributed by atoms with E-state index in [1.807, 2.05) is 12.1 Å². The molecule has 0 bridgehead atoms. The van der Waals surface area contributed by atoms with Crippen LogP contribution in [0, 0.1) is 5.92 Å². The number of hydrogen-bond acceptors (Lipinski definition) is 2. The van der Waals surface area contributed by atoms with Gasteiger partial charge in [0.2, 0.25) is 0 Å². The maximum Gasteiger partial charge on any atom is 0.0978 e. The van der Waals surface area contributed by atoms with Crippen molar-refractivity contribution in [3.63, 3.8) is 0 Å². The molecule has 22 heavy (non-hydrogen) atoms. The summed E-state index contributed by atoms with van der Waals surface area (Å²) in [7, 11) is 0. The van der Waals surface area contributed by atoms with Crippen LogP contribution in [-0.4, -0.2) is 12.7 Å². The standard InChI is InChI=1S/C20H26O2/c1-2-18-13-19(21-15-16-9-5-3-6-10-16)14-20(22-18)17-11-7-4-8-12-17/h2,4,7-8,11-13,16,18,20H,1,3,5-6,9-10,14-15H2/t18-,20-/m0/s1. The van der Waals surface area contributed by atoms with Crippen molar-refractivity contribution in [2.75, 3.05) is 6.61 Å². The highest BCUT2D eigenvalue weighted by Gasteiger charge is 2.24. The van der Waals surface area contributed by atoms with Gasteiger partial charge in [-0.2, -0.15) is 0 Å². The van der Waals surface area contributed by atoms with Crippen molar-refractivity contribution in [3.8, 4) is 0 Å². The highest BCUT2D eigenvalue weighted by molar-refractivity contribution is 5.22. The molecule has 0 radical (unpaired) electrons. The molecule has 2 aliphatic rings. The summed E-state index contributed by atoms with van der Waals surface area (Å²) in [6.07, 6.45) is 11.5. The molecule has 2 nitrogen and oxygen atoms in total. The Morgan fingerprint density at radius 1 is 1.14 bits per heavy atom. The molecule has 0 amide bonds. The van der Waals surface area contributed by atoms with Crippen LogP contribution in [0.4, 0.5) is 0 Å². The molecule has 1 fully saturated rings. The van der Waals surface area contributed by atoms with Gasteiger partial charge < -0.3 is 9.47 Å². The van der Waals surface area contributed by atoms with Gasteiger partial charge in [0.25, 0.3) is 0 Å². The number of ether oxygens (including phenoxy) is 2. The third kappa shape index (κ3) is 4.01. The zero-order valence-corrected chi connectivity index (χ0v) is 13.2. The first kappa shape index (κ1) is 15.4. The van der Waals surface area contributed by atoms with Crippen molar-refractivity contribution in [2.24, 2.45) is 5.92 Å². The van der Waals surface area contributed by atoms with Gasteiger partial charge in [-0.3, -0.25) is 0 Å². The minimum Gasteiger partial charge on any atom is -0.498 e. The summed E-state index contributed by atoms with van der Waals surface area (Å²) in [5.74, 6) is 1.80. The van der Waals surface area contributed by atoms with Gasteiger partial charge in [-0.15, -0.1) is 6.58 Å². The predicted octanol–water partition coefficient (Wildman–Crippen LogP) is 5.18. The van der Waals surface area contributed by atoms with Crippen LogP contribution in [0.25, 0.3) is 0 Å². The number of rotatable bonds is 5. The van der Waals surface area contributed by atoms with Crippen molar-refractivity contribution in [1.29, 1.82) is 0 Å². The van der Waals surface area contributed by atoms with Crippen LogP contribution < -0.4 is 0 Å². The van der Waals surface area contributed by atoms with Crippen LogP contribution in [0.5, 0.6) is 0 Å². The SMILES string of the molecule is C=C[C@H]1C=C(OCC2CCCCC2)C[C@@H](c2ccccc2)O1. The van der Waals surface area contributed by atoms with Gasteiger partial charge >= 0.3 is 0 Å². The first-order valence-corrected chi connectivity index (χ1v) is 8.51. The molecule has 1 aliphatic heterocycles. The van der Waals surface area contributed by atoms with Gasteiger partial charge in [0.1, 0.15) is 0 Å². The summed E-state index contributed by atoms with van der Waals surface area (Å²) in [4.78, 5) is 0. The molecule has 3 rings (SSSR count). The molecule has 0 spiro atoms. The second kappa shape index (κ2) is 7.64. The molecule has 1 saturated carbocycles. The van der Waals surface area contributed by atoms with E-state index in [2.05, 4.69) is 36.9 Å². The largest absolute Gasteiger partial charge is 0.498 e. The molecule has 1 aromatic rings. The molecular weight excluding hydrogens is 272 g/mol. The van der Waals surface area contributed by atoms with Crippen LogP contribution in [0.15, 0.2) is 54.8 Å². The van der Waals surface area contributed by atoms with E-state index in [-0.39, 0.29) is 12.2 Å². The summed E-state index contributed by atoms with van der Waals surface area (Å²) in [6.45, 7) is 4.73. The molecule has 1 heterocycles. The Bertz CT molecular complexity index is 500. The van der Waals surface area contributed by atoms with E-state index in [1.165, 1.54) is 37.7 Å². The Balaban J connectivity index is 1.62. The van der Waals surface area contributed by atoms with E-state index in [0.717, 1.165) is 24.7 Å². The van der Waals surface area contributed by atoms with Gasteiger partial charge in [-0.05, 0) is 30.4 Å². The molecule has 1 aliphatic carbocycles. The average molecular weight is 298 g/mol. The molecule has 0 aromatic heterocycles. The minimum absolute atomic E-state index is 0.0553. The Morgan fingerprint density at radius 3 is 2.64 bits per heavy atom. The Hall–Kier alpha value is -1.54. The average Bonchev–Trinajstić information content (AvgIpc) is 2.61. The zero-order valence-electron chi connectivity index (χ0n) is 13.2. The van der Waals surface area contributed by atoms with Crippen LogP contribution in [0.1, 0.15) is 50.2 Å². The third-order valence-electron chi connectivity index (χ3n) is 4.69. The van der Waals surface area contributed by atoms with Gasteiger partial charge in [0.05, 0.1) is 24.6 Å². The van der Waals surface area contributed by atoms with Gasteiger partial charge in [0, 0.05) is 6.42 Å². The van der Waals surface area contributed by atoms with Gasteiger partial charge in [0.15, 0.2) is 0 Å². The Labute approximate surface area is 133 Å². The summed E-state index contributed by atoms with van der Waals surface area (Å²) in [6, 6.07) is 10.4. The fraction of sp³-hybridized carbons (Fsp3) is 0.500. The van der Waals surface area contributed by atoms with E-state index < -0.39 is 0 Å². The Morgan fingerprint density at radius 2 is 1.91 bits per heavy atom. The monoisotopic (exact) mass is 298 g/mol. The summed E-state index contributed by atoms with van der Waals surface area (Å²) < 4.78 is 12.2.